The van der Waals surface area contributed by atoms with Crippen LogP contribution in [0.1, 0.15) is 5.56 Å². The molecule has 9 heteroatoms. The van der Waals surface area contributed by atoms with Gasteiger partial charge in [0.25, 0.3) is 5.91 Å². The van der Waals surface area contributed by atoms with E-state index >= 15 is 0 Å². The largest absolute Gasteiger partial charge is 0.495 e. The topological polar surface area (TPSA) is 79.0 Å². The smallest absolute Gasteiger partial charge is 0.269 e. The molecule has 1 saturated heterocycles. The van der Waals surface area contributed by atoms with E-state index in [0.29, 0.717) is 28.4 Å². The van der Waals surface area contributed by atoms with E-state index < -0.39 is 22.5 Å². The van der Waals surface area contributed by atoms with Gasteiger partial charge in [0.1, 0.15) is 18.1 Å². The van der Waals surface area contributed by atoms with E-state index in [2.05, 4.69) is 5.32 Å². The number of benzene rings is 3. The van der Waals surface area contributed by atoms with Gasteiger partial charge in [-0.1, -0.05) is 36.4 Å². The van der Waals surface area contributed by atoms with Gasteiger partial charge in [0.2, 0.25) is 16.7 Å². The predicted octanol–water partition coefficient (Wildman–Crippen LogP) is 3.75. The molecule has 0 bridgehead atoms. The molecule has 0 unspecified atom stereocenters. The molecule has 3 aromatic carbocycles. The monoisotopic (exact) mass is 477 g/mol. The van der Waals surface area contributed by atoms with Crippen LogP contribution in [0.25, 0.3) is 0 Å². The lowest BCUT2D eigenvalue weighted by Gasteiger charge is -2.33. The van der Waals surface area contributed by atoms with Crippen molar-refractivity contribution < 1.29 is 23.5 Å². The van der Waals surface area contributed by atoms with Crippen molar-refractivity contribution >= 4 is 46.5 Å². The summed E-state index contributed by atoms with van der Waals surface area (Å²) in [5, 5.41) is 2.78. The standard InChI is InChI=1S/C25H20FN3O4S/c1-33-21-12-5-3-10-19(21)27-22(30)14-28-20-11-4-2-9-18(20)25(24(28)32)29(23(31)15-34-25)17-8-6-7-16(26)13-17/h2-13H,14-15H2,1H3,(H,27,30)/t25-/m0/s1. The van der Waals surface area contributed by atoms with Crippen LogP contribution in [-0.4, -0.2) is 37.1 Å². The summed E-state index contributed by atoms with van der Waals surface area (Å²) in [4.78, 5) is 41.2. The Kier molecular flexibility index (Phi) is 5.49. The molecule has 3 amide bonds. The van der Waals surface area contributed by atoms with Crippen LogP contribution in [0.4, 0.5) is 21.5 Å². The number of hydrogen-bond donors (Lipinski definition) is 1. The van der Waals surface area contributed by atoms with Crippen molar-refractivity contribution in [3.63, 3.8) is 0 Å². The lowest BCUT2D eigenvalue weighted by molar-refractivity contribution is -0.124. The minimum absolute atomic E-state index is 0.0534. The van der Waals surface area contributed by atoms with Crippen LogP contribution in [0.3, 0.4) is 0 Å². The Hall–Kier alpha value is -3.85. The van der Waals surface area contributed by atoms with Gasteiger partial charge < -0.3 is 10.1 Å². The molecule has 1 fully saturated rings. The molecule has 1 N–H and O–H groups in total. The van der Waals surface area contributed by atoms with Gasteiger partial charge in [0.15, 0.2) is 0 Å². The number of rotatable bonds is 5. The highest BCUT2D eigenvalue weighted by molar-refractivity contribution is 8.02. The van der Waals surface area contributed by atoms with Gasteiger partial charge in [0.05, 0.1) is 24.2 Å². The maximum atomic E-state index is 14.0. The summed E-state index contributed by atoms with van der Waals surface area (Å²) >= 11 is 1.17. The fourth-order valence-electron chi connectivity index (χ4n) is 4.41. The molecule has 2 aliphatic rings. The number of halogens is 1. The number of nitrogens with one attached hydrogen (secondary N) is 1. The first-order chi connectivity index (χ1) is 16.5. The number of carbonyl (C=O) groups is 3. The van der Waals surface area contributed by atoms with Crippen LogP contribution in [0, 0.1) is 5.82 Å². The van der Waals surface area contributed by atoms with Crippen LogP contribution >= 0.6 is 11.8 Å². The molecule has 1 atom stereocenters. The first-order valence-corrected chi connectivity index (χ1v) is 11.5. The Morgan fingerprint density at radius 1 is 1.09 bits per heavy atom. The van der Waals surface area contributed by atoms with E-state index in [4.69, 9.17) is 4.74 Å². The van der Waals surface area contributed by atoms with Crippen LogP contribution in [0.5, 0.6) is 5.75 Å². The van der Waals surface area contributed by atoms with Gasteiger partial charge >= 0.3 is 0 Å². The number of fused-ring (bicyclic) bond motifs is 2. The maximum Gasteiger partial charge on any atom is 0.269 e. The van der Waals surface area contributed by atoms with Crippen molar-refractivity contribution in [2.45, 2.75) is 4.87 Å². The van der Waals surface area contributed by atoms with Crippen molar-refractivity contribution in [3.05, 3.63) is 84.2 Å². The van der Waals surface area contributed by atoms with E-state index in [1.54, 1.807) is 54.6 Å². The normalized spacial score (nSPS) is 19.0. The number of para-hydroxylation sites is 3. The number of thioether (sulfide) groups is 1. The van der Waals surface area contributed by atoms with Gasteiger partial charge in [-0.3, -0.25) is 24.2 Å². The molecular weight excluding hydrogens is 457 g/mol. The van der Waals surface area contributed by atoms with Crippen LogP contribution in [0.15, 0.2) is 72.8 Å². The highest BCUT2D eigenvalue weighted by Crippen LogP contribution is 2.55. The fourth-order valence-corrected chi connectivity index (χ4v) is 5.77. The first kappa shape index (κ1) is 22.0. The third-order valence-electron chi connectivity index (χ3n) is 5.81. The van der Waals surface area contributed by atoms with Gasteiger partial charge in [0, 0.05) is 11.3 Å². The molecule has 5 rings (SSSR count). The highest BCUT2D eigenvalue weighted by Gasteiger charge is 2.61. The lowest BCUT2D eigenvalue weighted by atomic mass is 10.0. The molecule has 7 nitrogen and oxygen atoms in total. The molecule has 0 aromatic heterocycles. The number of nitrogens with zero attached hydrogens (tertiary/aromatic N) is 2. The summed E-state index contributed by atoms with van der Waals surface area (Å²) in [7, 11) is 1.50. The molecule has 1 spiro atoms. The summed E-state index contributed by atoms with van der Waals surface area (Å²) < 4.78 is 19.3. The third kappa shape index (κ3) is 3.40. The summed E-state index contributed by atoms with van der Waals surface area (Å²) in [5.74, 6) is -1.11. The molecule has 0 radical (unpaired) electrons. The third-order valence-corrected chi connectivity index (χ3v) is 7.20. The molecule has 172 valence electrons. The van der Waals surface area contributed by atoms with Gasteiger partial charge in [-0.05, 0) is 36.4 Å². The molecule has 34 heavy (non-hydrogen) atoms. The zero-order valence-electron chi connectivity index (χ0n) is 18.2. The van der Waals surface area contributed by atoms with Crippen molar-refractivity contribution in [2.75, 3.05) is 34.5 Å². The highest BCUT2D eigenvalue weighted by atomic mass is 32.2. The average Bonchev–Trinajstić information content (AvgIpc) is 3.30. The summed E-state index contributed by atoms with van der Waals surface area (Å²) in [5.41, 5.74) is 1.89. The molecular formula is C25H20FN3O4S. The minimum Gasteiger partial charge on any atom is -0.495 e. The number of carbonyl (C=O) groups excluding carboxylic acids is 3. The SMILES string of the molecule is COc1ccccc1NC(=O)CN1C(=O)[C@@]2(SCC(=O)N2c2cccc(F)c2)c2ccccc21. The maximum absolute atomic E-state index is 14.0. The van der Waals surface area contributed by atoms with E-state index in [9.17, 15) is 18.8 Å². The lowest BCUT2D eigenvalue weighted by Crippen LogP contribution is -2.50. The summed E-state index contributed by atoms with van der Waals surface area (Å²) in [6.45, 7) is -0.263. The van der Waals surface area contributed by atoms with E-state index in [-0.39, 0.29) is 18.2 Å². The van der Waals surface area contributed by atoms with Crippen LogP contribution in [-0.2, 0) is 19.3 Å². The quantitative estimate of drug-likeness (QED) is 0.606. The van der Waals surface area contributed by atoms with Crippen molar-refractivity contribution in [2.24, 2.45) is 0 Å². The van der Waals surface area contributed by atoms with Gasteiger partial charge in [-0.25, -0.2) is 4.39 Å². The average molecular weight is 478 g/mol. The second-order valence-electron chi connectivity index (χ2n) is 7.80. The zero-order valence-corrected chi connectivity index (χ0v) is 19.0. The van der Waals surface area contributed by atoms with Crippen molar-refractivity contribution in [1.29, 1.82) is 0 Å². The number of methoxy groups -OCH3 is 1. The Morgan fingerprint density at radius 2 is 1.85 bits per heavy atom. The fraction of sp³-hybridized carbons (Fsp3) is 0.160. The predicted molar refractivity (Wildman–Crippen MR) is 128 cm³/mol. The zero-order chi connectivity index (χ0) is 23.9. The van der Waals surface area contributed by atoms with E-state index in [1.165, 1.54) is 46.9 Å². The van der Waals surface area contributed by atoms with Crippen molar-refractivity contribution in [3.8, 4) is 5.75 Å². The Labute approximate surface area is 199 Å². The Bertz CT molecular complexity index is 1320. The molecule has 2 aliphatic heterocycles. The first-order valence-electron chi connectivity index (χ1n) is 10.5. The van der Waals surface area contributed by atoms with Crippen LogP contribution in [0.2, 0.25) is 0 Å². The van der Waals surface area contributed by atoms with Gasteiger partial charge in [-0.15, -0.1) is 11.8 Å². The van der Waals surface area contributed by atoms with E-state index in [0.717, 1.165) is 0 Å². The summed E-state index contributed by atoms with van der Waals surface area (Å²) in [6.07, 6.45) is 0. The number of hydrogen-bond acceptors (Lipinski definition) is 5. The minimum atomic E-state index is -1.41. The second-order valence-corrected chi connectivity index (χ2v) is 8.97. The Balaban J connectivity index is 1.52. The molecule has 0 aliphatic carbocycles. The Morgan fingerprint density at radius 3 is 2.65 bits per heavy atom. The number of anilines is 3. The van der Waals surface area contributed by atoms with Crippen LogP contribution < -0.4 is 19.9 Å². The van der Waals surface area contributed by atoms with Crippen molar-refractivity contribution in [1.82, 2.24) is 0 Å². The summed E-state index contributed by atoms with van der Waals surface area (Å²) in [6, 6.07) is 19.6. The number of amides is 3. The number of ether oxygens (including phenoxy) is 1. The second kappa shape index (κ2) is 8.49. The molecule has 3 aromatic rings. The molecule has 2 heterocycles. The van der Waals surface area contributed by atoms with E-state index in [1.807, 2.05) is 0 Å². The molecule has 0 saturated carbocycles. The van der Waals surface area contributed by atoms with Gasteiger partial charge in [-0.2, -0.15) is 0 Å².